The second kappa shape index (κ2) is 9.12. The Kier molecular flexibility index (Phi) is 6.88. The Hall–Kier alpha value is -2.71. The predicted octanol–water partition coefficient (Wildman–Crippen LogP) is 1.29. The van der Waals surface area contributed by atoms with E-state index in [1.165, 1.54) is 13.3 Å². The van der Waals surface area contributed by atoms with E-state index in [9.17, 15) is 14.7 Å². The first kappa shape index (κ1) is 19.6. The number of hydrogen-bond donors (Lipinski definition) is 3. The van der Waals surface area contributed by atoms with Crippen molar-refractivity contribution in [3.05, 3.63) is 52.6 Å². The second-order valence-electron chi connectivity index (χ2n) is 5.77. The summed E-state index contributed by atoms with van der Waals surface area (Å²) in [6, 6.07) is 3.43. The van der Waals surface area contributed by atoms with Crippen molar-refractivity contribution in [2.75, 3.05) is 26.9 Å². The largest absolute Gasteiger partial charge is 0.460 e. The number of aromatic nitrogens is 2. The maximum absolute atomic E-state index is 12.4. The zero-order valence-corrected chi connectivity index (χ0v) is 15.0. The van der Waals surface area contributed by atoms with Crippen molar-refractivity contribution in [3.8, 4) is 0 Å². The number of aliphatic hydroxyl groups is 1. The minimum Gasteiger partial charge on any atom is -0.460 e. The van der Waals surface area contributed by atoms with Crippen molar-refractivity contribution in [1.29, 1.82) is 0 Å². The van der Waals surface area contributed by atoms with E-state index in [1.54, 1.807) is 32.2 Å². The summed E-state index contributed by atoms with van der Waals surface area (Å²) in [6.45, 7) is 3.83. The van der Waals surface area contributed by atoms with Gasteiger partial charge in [-0.2, -0.15) is 0 Å². The highest BCUT2D eigenvalue weighted by Gasteiger charge is 2.23. The molecule has 0 fully saturated rings. The molecule has 3 N–H and O–H groups in total. The molecule has 0 spiro atoms. The fraction of sp³-hybridized carbons (Fsp3) is 0.389. The molecule has 2 heterocycles. The van der Waals surface area contributed by atoms with Crippen molar-refractivity contribution in [2.24, 2.45) is 0 Å². The lowest BCUT2D eigenvalue weighted by atomic mass is 10.1. The van der Waals surface area contributed by atoms with E-state index in [-0.39, 0.29) is 18.8 Å². The van der Waals surface area contributed by atoms with Crippen LogP contribution in [0.15, 0.2) is 24.5 Å². The highest BCUT2D eigenvalue weighted by Crippen LogP contribution is 2.19. The number of aryl methyl sites for hydroxylation is 1. The fourth-order valence-corrected chi connectivity index (χ4v) is 2.54. The number of nitrogens with zero attached hydrogens (tertiary/aromatic N) is 1. The van der Waals surface area contributed by atoms with E-state index in [1.807, 2.05) is 0 Å². The molecule has 2 aromatic heterocycles. The first-order valence-electron chi connectivity index (χ1n) is 8.17. The molecule has 0 radical (unpaired) electrons. The van der Waals surface area contributed by atoms with Gasteiger partial charge >= 0.3 is 5.97 Å². The standard InChI is InChI=1S/C18H23N3O5/c1-11-15(18(24)26-8-7-25-3)12(2)21-16(11)17(23)20-10-14(22)13-5-4-6-19-9-13/h4-6,9,14,21-22H,7-8,10H2,1-3H3,(H,20,23)/t14-/m0/s1. The van der Waals surface area contributed by atoms with Crippen LogP contribution in [0.1, 0.15) is 43.8 Å². The first-order chi connectivity index (χ1) is 12.5. The highest BCUT2D eigenvalue weighted by molar-refractivity contribution is 6.00. The molecule has 0 unspecified atom stereocenters. The number of methoxy groups -OCH3 is 1. The third-order valence-electron chi connectivity index (χ3n) is 3.91. The zero-order chi connectivity index (χ0) is 19.1. The van der Waals surface area contributed by atoms with Crippen molar-refractivity contribution in [2.45, 2.75) is 20.0 Å². The van der Waals surface area contributed by atoms with Gasteiger partial charge in [0, 0.05) is 37.3 Å². The summed E-state index contributed by atoms with van der Waals surface area (Å²) in [4.78, 5) is 31.4. The van der Waals surface area contributed by atoms with Crippen molar-refractivity contribution >= 4 is 11.9 Å². The van der Waals surface area contributed by atoms with Gasteiger partial charge in [-0.1, -0.05) is 6.07 Å². The normalized spacial score (nSPS) is 11.8. The Morgan fingerprint density at radius 1 is 1.35 bits per heavy atom. The second-order valence-corrected chi connectivity index (χ2v) is 5.77. The van der Waals surface area contributed by atoms with Crippen LogP contribution in [-0.4, -0.2) is 53.8 Å². The van der Waals surface area contributed by atoms with Crippen LogP contribution in [0.4, 0.5) is 0 Å². The van der Waals surface area contributed by atoms with Crippen LogP contribution in [-0.2, 0) is 9.47 Å². The fourth-order valence-electron chi connectivity index (χ4n) is 2.54. The zero-order valence-electron chi connectivity index (χ0n) is 15.0. The average molecular weight is 361 g/mol. The van der Waals surface area contributed by atoms with Gasteiger partial charge in [-0.15, -0.1) is 0 Å². The molecule has 0 aliphatic carbocycles. The van der Waals surface area contributed by atoms with E-state index in [0.717, 1.165) is 0 Å². The van der Waals surface area contributed by atoms with Gasteiger partial charge in [0.15, 0.2) is 0 Å². The molecule has 0 saturated carbocycles. The van der Waals surface area contributed by atoms with Crippen molar-refractivity contribution < 1.29 is 24.2 Å². The number of carbonyl (C=O) groups excluding carboxylic acids is 2. The van der Waals surface area contributed by atoms with Gasteiger partial charge < -0.3 is 24.9 Å². The summed E-state index contributed by atoms with van der Waals surface area (Å²) in [5, 5.41) is 12.8. The van der Waals surface area contributed by atoms with Crippen LogP contribution in [0.2, 0.25) is 0 Å². The van der Waals surface area contributed by atoms with Gasteiger partial charge in [-0.3, -0.25) is 9.78 Å². The molecule has 0 aliphatic heterocycles. The number of pyridine rings is 1. The van der Waals surface area contributed by atoms with Gasteiger partial charge in [0.05, 0.1) is 18.3 Å². The van der Waals surface area contributed by atoms with Gasteiger partial charge in [0.25, 0.3) is 5.91 Å². The maximum Gasteiger partial charge on any atom is 0.340 e. The number of carbonyl (C=O) groups is 2. The topological polar surface area (TPSA) is 114 Å². The third kappa shape index (κ3) is 4.68. The molecule has 140 valence electrons. The van der Waals surface area contributed by atoms with E-state index in [4.69, 9.17) is 9.47 Å². The molecular weight excluding hydrogens is 338 g/mol. The number of amides is 1. The van der Waals surface area contributed by atoms with Gasteiger partial charge in [-0.05, 0) is 25.5 Å². The number of H-pyrrole nitrogens is 1. The van der Waals surface area contributed by atoms with Gasteiger partial charge in [0.2, 0.25) is 0 Å². The van der Waals surface area contributed by atoms with Crippen LogP contribution < -0.4 is 5.32 Å². The SMILES string of the molecule is COCCOC(=O)c1c(C)[nH]c(C(=O)NC[C@H](O)c2cccnc2)c1C. The Labute approximate surface area is 151 Å². The van der Waals surface area contributed by atoms with E-state index in [0.29, 0.717) is 29.0 Å². The summed E-state index contributed by atoms with van der Waals surface area (Å²) in [6.07, 6.45) is 2.27. The number of ether oxygens (including phenoxy) is 2. The van der Waals surface area contributed by atoms with Crippen LogP contribution in [0.5, 0.6) is 0 Å². The van der Waals surface area contributed by atoms with E-state index in [2.05, 4.69) is 15.3 Å². The van der Waals surface area contributed by atoms with Gasteiger partial charge in [-0.25, -0.2) is 4.79 Å². The molecule has 8 nitrogen and oxygen atoms in total. The van der Waals surface area contributed by atoms with Crippen LogP contribution >= 0.6 is 0 Å². The summed E-state index contributed by atoms with van der Waals surface area (Å²) < 4.78 is 9.96. The molecule has 26 heavy (non-hydrogen) atoms. The predicted molar refractivity (Wildman–Crippen MR) is 94.0 cm³/mol. The highest BCUT2D eigenvalue weighted by atomic mass is 16.6. The molecule has 8 heteroatoms. The Balaban J connectivity index is 2.03. The summed E-state index contributed by atoms with van der Waals surface area (Å²) in [5.41, 5.74) is 2.24. The van der Waals surface area contributed by atoms with Crippen LogP contribution in [0.3, 0.4) is 0 Å². The quantitative estimate of drug-likeness (QED) is 0.482. The number of rotatable bonds is 8. The molecule has 2 rings (SSSR count). The summed E-state index contributed by atoms with van der Waals surface area (Å²) in [7, 11) is 1.52. The number of hydrogen-bond acceptors (Lipinski definition) is 6. The molecule has 0 aliphatic rings. The third-order valence-corrected chi connectivity index (χ3v) is 3.91. The molecule has 2 aromatic rings. The summed E-state index contributed by atoms with van der Waals surface area (Å²) in [5.74, 6) is -0.924. The molecule has 1 atom stereocenters. The lowest BCUT2D eigenvalue weighted by Crippen LogP contribution is -2.29. The minimum atomic E-state index is -0.873. The lowest BCUT2D eigenvalue weighted by Gasteiger charge is -2.11. The number of aliphatic hydroxyl groups excluding tert-OH is 1. The van der Waals surface area contributed by atoms with Gasteiger partial charge in [0.1, 0.15) is 12.3 Å². The average Bonchev–Trinajstić information content (AvgIpc) is 2.94. The maximum atomic E-state index is 12.4. The molecule has 0 saturated heterocycles. The number of nitrogens with one attached hydrogen (secondary N) is 2. The Morgan fingerprint density at radius 2 is 2.12 bits per heavy atom. The van der Waals surface area contributed by atoms with Crippen LogP contribution in [0, 0.1) is 13.8 Å². The molecular formula is C18H23N3O5. The lowest BCUT2D eigenvalue weighted by molar-refractivity contribution is 0.0386. The number of esters is 1. The van der Waals surface area contributed by atoms with Crippen molar-refractivity contribution in [1.82, 2.24) is 15.3 Å². The van der Waals surface area contributed by atoms with E-state index >= 15 is 0 Å². The number of aromatic amines is 1. The molecule has 1 amide bonds. The van der Waals surface area contributed by atoms with Crippen LogP contribution in [0.25, 0.3) is 0 Å². The first-order valence-corrected chi connectivity index (χ1v) is 8.17. The van der Waals surface area contributed by atoms with Crippen molar-refractivity contribution in [3.63, 3.8) is 0 Å². The Morgan fingerprint density at radius 3 is 2.77 bits per heavy atom. The molecule has 0 aromatic carbocycles. The smallest absolute Gasteiger partial charge is 0.340 e. The Bertz CT molecular complexity index is 758. The minimum absolute atomic E-state index is 0.0235. The molecule has 0 bridgehead atoms. The van der Waals surface area contributed by atoms with E-state index < -0.39 is 18.0 Å². The monoisotopic (exact) mass is 361 g/mol. The summed E-state index contributed by atoms with van der Waals surface area (Å²) >= 11 is 0.